The van der Waals surface area contributed by atoms with Crippen LogP contribution in [0.15, 0.2) is 28.7 Å². The van der Waals surface area contributed by atoms with Gasteiger partial charge in [0.05, 0.1) is 4.99 Å². The van der Waals surface area contributed by atoms with Crippen molar-refractivity contribution in [1.29, 1.82) is 0 Å². The molecule has 0 unspecified atom stereocenters. The highest BCUT2D eigenvalue weighted by Crippen LogP contribution is 2.12. The molecule has 0 aliphatic carbocycles. The summed E-state index contributed by atoms with van der Waals surface area (Å²) < 4.78 is 1.11. The van der Waals surface area contributed by atoms with Gasteiger partial charge in [0.2, 0.25) is 0 Å². The molecule has 0 aliphatic heterocycles. The molecule has 1 aromatic carbocycles. The van der Waals surface area contributed by atoms with Gasteiger partial charge >= 0.3 is 0 Å². The molecule has 0 bridgehead atoms. The van der Waals surface area contributed by atoms with Crippen LogP contribution in [-0.4, -0.2) is 23.0 Å². The van der Waals surface area contributed by atoms with Crippen molar-refractivity contribution >= 4 is 33.1 Å². The number of hydrogen-bond acceptors (Lipinski definition) is 2. The van der Waals surface area contributed by atoms with Gasteiger partial charge in [-0.3, -0.25) is 4.90 Å². The van der Waals surface area contributed by atoms with Gasteiger partial charge < -0.3 is 5.73 Å². The van der Waals surface area contributed by atoms with Crippen LogP contribution in [0.25, 0.3) is 0 Å². The highest BCUT2D eigenvalue weighted by atomic mass is 79.9. The molecule has 16 heavy (non-hydrogen) atoms. The van der Waals surface area contributed by atoms with E-state index < -0.39 is 0 Å². The highest BCUT2D eigenvalue weighted by molar-refractivity contribution is 9.10. The van der Waals surface area contributed by atoms with E-state index in [-0.39, 0.29) is 0 Å². The van der Waals surface area contributed by atoms with Crippen molar-refractivity contribution in [2.24, 2.45) is 5.73 Å². The third-order valence-electron chi connectivity index (χ3n) is 2.44. The molecule has 0 spiro atoms. The van der Waals surface area contributed by atoms with Crippen LogP contribution in [0.2, 0.25) is 0 Å². The second kappa shape index (κ2) is 6.99. The molecule has 2 nitrogen and oxygen atoms in total. The molecule has 0 radical (unpaired) electrons. The minimum Gasteiger partial charge on any atom is -0.393 e. The number of rotatable bonds is 6. The van der Waals surface area contributed by atoms with E-state index in [0.717, 1.165) is 30.5 Å². The fourth-order valence-corrected chi connectivity index (χ4v) is 1.82. The first kappa shape index (κ1) is 13.6. The molecule has 0 fully saturated rings. The predicted molar refractivity (Wildman–Crippen MR) is 76.5 cm³/mol. The maximum atomic E-state index is 5.51. The van der Waals surface area contributed by atoms with Crippen molar-refractivity contribution in [3.8, 4) is 0 Å². The molecule has 0 amide bonds. The Labute approximate surface area is 111 Å². The van der Waals surface area contributed by atoms with Gasteiger partial charge in [-0.25, -0.2) is 0 Å². The molecule has 1 rings (SSSR count). The highest BCUT2D eigenvalue weighted by Gasteiger charge is 2.04. The van der Waals surface area contributed by atoms with Gasteiger partial charge in [0, 0.05) is 24.0 Å². The van der Waals surface area contributed by atoms with Crippen molar-refractivity contribution in [3.63, 3.8) is 0 Å². The maximum Gasteiger partial charge on any atom is 0.0740 e. The molecule has 0 saturated carbocycles. The summed E-state index contributed by atoms with van der Waals surface area (Å²) in [6, 6.07) is 8.40. The molecular weight excluding hydrogens is 284 g/mol. The molecule has 0 aromatic heterocycles. The molecule has 0 atom stereocenters. The third-order valence-corrected chi connectivity index (χ3v) is 3.17. The zero-order valence-corrected chi connectivity index (χ0v) is 11.9. The lowest BCUT2D eigenvalue weighted by atomic mass is 10.2. The van der Waals surface area contributed by atoms with Gasteiger partial charge in [-0.2, -0.15) is 0 Å². The molecule has 4 heteroatoms. The molecule has 88 valence electrons. The zero-order valence-electron chi connectivity index (χ0n) is 9.45. The van der Waals surface area contributed by atoms with Crippen molar-refractivity contribution in [2.45, 2.75) is 19.9 Å². The summed E-state index contributed by atoms with van der Waals surface area (Å²) >= 11 is 8.32. The number of halogens is 1. The molecule has 0 heterocycles. The Balaban J connectivity index is 2.49. The lowest BCUT2D eigenvalue weighted by Gasteiger charge is -2.20. The number of nitrogens with zero attached hydrogens (tertiary/aromatic N) is 1. The fraction of sp³-hybridized carbons (Fsp3) is 0.417. The molecule has 2 N–H and O–H groups in total. The first-order valence-corrected chi connectivity index (χ1v) is 6.57. The van der Waals surface area contributed by atoms with Crippen LogP contribution in [0.3, 0.4) is 0 Å². The fourth-order valence-electron chi connectivity index (χ4n) is 1.47. The van der Waals surface area contributed by atoms with Gasteiger partial charge in [0.1, 0.15) is 0 Å². The Hall–Kier alpha value is -0.450. The second-order valence-electron chi connectivity index (χ2n) is 3.71. The summed E-state index contributed by atoms with van der Waals surface area (Å²) in [6.45, 7) is 5.05. The zero-order chi connectivity index (χ0) is 12.0. The minimum atomic E-state index is 0.592. The van der Waals surface area contributed by atoms with Crippen LogP contribution in [0.1, 0.15) is 18.9 Å². The topological polar surface area (TPSA) is 29.3 Å². The number of thiocarbonyl (C=S) groups is 1. The van der Waals surface area contributed by atoms with E-state index in [1.165, 1.54) is 5.56 Å². The van der Waals surface area contributed by atoms with Gasteiger partial charge in [-0.15, -0.1) is 0 Å². The van der Waals surface area contributed by atoms with Gasteiger partial charge in [-0.05, 0) is 24.2 Å². The first-order chi connectivity index (χ1) is 7.61. The smallest absolute Gasteiger partial charge is 0.0740 e. The number of benzene rings is 1. The van der Waals surface area contributed by atoms with Crippen molar-refractivity contribution in [1.82, 2.24) is 4.90 Å². The molecule has 0 saturated heterocycles. The van der Waals surface area contributed by atoms with Crippen LogP contribution < -0.4 is 5.73 Å². The van der Waals surface area contributed by atoms with Crippen molar-refractivity contribution in [3.05, 3.63) is 34.3 Å². The predicted octanol–water partition coefficient (Wildman–Crippen LogP) is 2.95. The largest absolute Gasteiger partial charge is 0.393 e. The lowest BCUT2D eigenvalue weighted by Crippen LogP contribution is -2.27. The van der Waals surface area contributed by atoms with Crippen LogP contribution in [-0.2, 0) is 6.54 Å². The SMILES string of the molecule is CCN(CCC(N)=S)Cc1ccc(Br)cc1. The normalized spacial score (nSPS) is 10.7. The Kier molecular flexibility index (Phi) is 5.95. The number of nitrogens with two attached hydrogens (primary N) is 1. The first-order valence-electron chi connectivity index (χ1n) is 5.37. The summed E-state index contributed by atoms with van der Waals surface area (Å²) in [6.07, 6.45) is 0.791. The summed E-state index contributed by atoms with van der Waals surface area (Å²) in [5.74, 6) is 0. The molecule has 0 aliphatic rings. The average Bonchev–Trinajstić information content (AvgIpc) is 2.26. The van der Waals surface area contributed by atoms with Crippen LogP contribution >= 0.6 is 28.1 Å². The van der Waals surface area contributed by atoms with Gasteiger partial charge in [0.15, 0.2) is 0 Å². The maximum absolute atomic E-state index is 5.51. The van der Waals surface area contributed by atoms with Gasteiger partial charge in [0.25, 0.3) is 0 Å². The second-order valence-corrected chi connectivity index (χ2v) is 5.15. The average molecular weight is 301 g/mol. The third kappa shape index (κ3) is 5.05. The van der Waals surface area contributed by atoms with Crippen LogP contribution in [0.4, 0.5) is 0 Å². The Morgan fingerprint density at radius 3 is 2.50 bits per heavy atom. The monoisotopic (exact) mass is 300 g/mol. The van der Waals surface area contributed by atoms with Crippen LogP contribution in [0, 0.1) is 0 Å². The van der Waals surface area contributed by atoms with E-state index in [0.29, 0.717) is 4.99 Å². The van der Waals surface area contributed by atoms with E-state index >= 15 is 0 Å². The lowest BCUT2D eigenvalue weighted by molar-refractivity contribution is 0.288. The van der Waals surface area contributed by atoms with E-state index in [9.17, 15) is 0 Å². The van der Waals surface area contributed by atoms with Gasteiger partial charge in [-0.1, -0.05) is 47.2 Å². The Bertz CT molecular complexity index is 337. The standard InChI is InChI=1S/C12H17BrN2S/c1-2-15(8-7-12(14)16)9-10-3-5-11(13)6-4-10/h3-6H,2,7-9H2,1H3,(H2,14,16). The molecular formula is C12H17BrN2S. The summed E-state index contributed by atoms with van der Waals surface area (Å²) in [4.78, 5) is 2.93. The Morgan fingerprint density at radius 2 is 2.00 bits per heavy atom. The van der Waals surface area contributed by atoms with E-state index in [4.69, 9.17) is 18.0 Å². The Morgan fingerprint density at radius 1 is 1.38 bits per heavy atom. The van der Waals surface area contributed by atoms with Crippen molar-refractivity contribution in [2.75, 3.05) is 13.1 Å². The molecule has 1 aromatic rings. The summed E-state index contributed by atoms with van der Waals surface area (Å²) in [5.41, 5.74) is 6.82. The van der Waals surface area contributed by atoms with E-state index in [2.05, 4.69) is 52.0 Å². The minimum absolute atomic E-state index is 0.592. The van der Waals surface area contributed by atoms with E-state index in [1.54, 1.807) is 0 Å². The van der Waals surface area contributed by atoms with E-state index in [1.807, 2.05) is 0 Å². The summed E-state index contributed by atoms with van der Waals surface area (Å²) in [5, 5.41) is 0. The van der Waals surface area contributed by atoms with Crippen LogP contribution in [0.5, 0.6) is 0 Å². The van der Waals surface area contributed by atoms with Crippen molar-refractivity contribution < 1.29 is 0 Å². The summed E-state index contributed by atoms with van der Waals surface area (Å²) in [7, 11) is 0. The quantitative estimate of drug-likeness (QED) is 0.819. The number of hydrogen-bond donors (Lipinski definition) is 1.